The highest BCUT2D eigenvalue weighted by atomic mass is 32.2. The second kappa shape index (κ2) is 13.6. The summed E-state index contributed by atoms with van der Waals surface area (Å²) in [5, 5.41) is 2.91. The van der Waals surface area contributed by atoms with Gasteiger partial charge in [0, 0.05) is 13.1 Å². The normalized spacial score (nSPS) is 12.1. The summed E-state index contributed by atoms with van der Waals surface area (Å²) in [6, 6.07) is 18.9. The Balaban J connectivity index is 2.03. The maximum absolute atomic E-state index is 14.0. The van der Waals surface area contributed by atoms with E-state index < -0.39 is 28.5 Å². The summed E-state index contributed by atoms with van der Waals surface area (Å²) in [7, 11) is -4.09. The molecule has 1 N–H and O–H groups in total. The topological polar surface area (TPSA) is 86.8 Å². The first-order valence-electron chi connectivity index (χ1n) is 13.7. The fourth-order valence-corrected chi connectivity index (χ4v) is 5.78. The molecule has 0 aliphatic carbocycles. The number of hydrogen-bond acceptors (Lipinski definition) is 4. The van der Waals surface area contributed by atoms with E-state index in [4.69, 9.17) is 0 Å². The summed E-state index contributed by atoms with van der Waals surface area (Å²) in [5.41, 5.74) is 5.15. The second-order valence-corrected chi connectivity index (χ2v) is 12.3. The first-order chi connectivity index (χ1) is 18.9. The highest BCUT2D eigenvalue weighted by Gasteiger charge is 2.32. The number of carbonyl (C=O) groups excluding carboxylic acids is 2. The van der Waals surface area contributed by atoms with Crippen molar-refractivity contribution in [1.29, 1.82) is 0 Å². The number of benzene rings is 3. The van der Waals surface area contributed by atoms with Crippen molar-refractivity contribution in [2.24, 2.45) is 0 Å². The molecule has 0 aliphatic heterocycles. The molecule has 3 rings (SSSR count). The minimum absolute atomic E-state index is 0.0970. The zero-order valence-electron chi connectivity index (χ0n) is 24.4. The van der Waals surface area contributed by atoms with Crippen molar-refractivity contribution in [2.75, 3.05) is 17.4 Å². The van der Waals surface area contributed by atoms with E-state index in [1.165, 1.54) is 4.90 Å². The Hall–Kier alpha value is -3.65. The fourth-order valence-electron chi connectivity index (χ4n) is 4.37. The van der Waals surface area contributed by atoms with Crippen molar-refractivity contribution in [3.63, 3.8) is 0 Å². The predicted octanol–water partition coefficient (Wildman–Crippen LogP) is 5.45. The molecule has 1 atom stereocenters. The summed E-state index contributed by atoms with van der Waals surface area (Å²) in [5.74, 6) is -0.734. The highest BCUT2D eigenvalue weighted by molar-refractivity contribution is 7.92. The first kappa shape index (κ1) is 30.9. The largest absolute Gasteiger partial charge is 0.354 e. The molecule has 7 nitrogen and oxygen atoms in total. The van der Waals surface area contributed by atoms with Crippen LogP contribution in [0.2, 0.25) is 0 Å². The standard InChI is InChI=1S/C32H41N3O4S/c1-7-8-18-33-32(37)27(6)34(21-28-11-9-10-24(3)19-28)31(36)22-35(29-15-14-25(4)26(5)20-29)40(38,39)30-16-12-23(2)13-17-30/h9-17,19-20,27H,7-8,18,21-22H2,1-6H3,(H,33,37). The molecule has 0 aromatic heterocycles. The van der Waals surface area contributed by atoms with E-state index in [9.17, 15) is 18.0 Å². The molecule has 0 spiro atoms. The molecule has 2 amide bonds. The van der Waals surface area contributed by atoms with E-state index in [0.29, 0.717) is 12.2 Å². The maximum atomic E-state index is 14.0. The van der Waals surface area contributed by atoms with E-state index in [0.717, 1.165) is 45.0 Å². The zero-order chi connectivity index (χ0) is 29.4. The number of nitrogens with one attached hydrogen (secondary N) is 1. The number of nitrogens with zero attached hydrogens (tertiary/aromatic N) is 2. The molecule has 0 saturated carbocycles. The monoisotopic (exact) mass is 563 g/mol. The van der Waals surface area contributed by atoms with Gasteiger partial charge in [-0.05, 0) is 82.0 Å². The number of amides is 2. The Kier molecular flexibility index (Phi) is 10.5. The molecule has 1 unspecified atom stereocenters. The molecular weight excluding hydrogens is 522 g/mol. The molecule has 0 bridgehead atoms. The number of rotatable bonds is 12. The van der Waals surface area contributed by atoms with E-state index in [1.807, 2.05) is 65.0 Å². The van der Waals surface area contributed by atoms with Gasteiger partial charge in [-0.1, -0.05) is 66.9 Å². The first-order valence-corrected chi connectivity index (χ1v) is 15.2. The highest BCUT2D eigenvalue weighted by Crippen LogP contribution is 2.27. The number of hydrogen-bond donors (Lipinski definition) is 1. The van der Waals surface area contributed by atoms with Crippen LogP contribution in [-0.4, -0.2) is 44.3 Å². The number of unbranched alkanes of at least 4 members (excludes halogenated alkanes) is 1. The van der Waals surface area contributed by atoms with Gasteiger partial charge in [0.15, 0.2) is 0 Å². The lowest BCUT2D eigenvalue weighted by Crippen LogP contribution is -2.51. The summed E-state index contributed by atoms with van der Waals surface area (Å²) in [6.45, 7) is 11.7. The van der Waals surface area contributed by atoms with Crippen LogP contribution < -0.4 is 9.62 Å². The lowest BCUT2D eigenvalue weighted by Gasteiger charge is -2.32. The molecule has 0 saturated heterocycles. The second-order valence-electron chi connectivity index (χ2n) is 10.4. The van der Waals surface area contributed by atoms with Gasteiger partial charge in [-0.15, -0.1) is 0 Å². The quantitative estimate of drug-likeness (QED) is 0.297. The molecular formula is C32H41N3O4S. The van der Waals surface area contributed by atoms with Crippen molar-refractivity contribution in [2.45, 2.75) is 71.9 Å². The number of sulfonamides is 1. The third kappa shape index (κ3) is 7.72. The van der Waals surface area contributed by atoms with Crippen molar-refractivity contribution in [3.8, 4) is 0 Å². The van der Waals surface area contributed by atoms with Gasteiger partial charge >= 0.3 is 0 Å². The summed E-state index contributed by atoms with van der Waals surface area (Å²) < 4.78 is 29.1. The molecule has 0 heterocycles. The number of aryl methyl sites for hydroxylation is 4. The van der Waals surface area contributed by atoms with Gasteiger partial charge in [0.2, 0.25) is 11.8 Å². The van der Waals surface area contributed by atoms with Gasteiger partial charge in [-0.25, -0.2) is 8.42 Å². The maximum Gasteiger partial charge on any atom is 0.264 e. The smallest absolute Gasteiger partial charge is 0.264 e. The van der Waals surface area contributed by atoms with Gasteiger partial charge < -0.3 is 10.2 Å². The van der Waals surface area contributed by atoms with Crippen molar-refractivity contribution in [3.05, 3.63) is 94.5 Å². The Morgan fingerprint density at radius 3 is 2.20 bits per heavy atom. The Morgan fingerprint density at radius 1 is 0.875 bits per heavy atom. The predicted molar refractivity (Wildman–Crippen MR) is 161 cm³/mol. The molecule has 40 heavy (non-hydrogen) atoms. The molecule has 3 aromatic carbocycles. The third-order valence-electron chi connectivity index (χ3n) is 7.10. The minimum Gasteiger partial charge on any atom is -0.354 e. The molecule has 0 radical (unpaired) electrons. The molecule has 8 heteroatoms. The van der Waals surface area contributed by atoms with Crippen LogP contribution >= 0.6 is 0 Å². The third-order valence-corrected chi connectivity index (χ3v) is 8.89. The van der Waals surface area contributed by atoms with Crippen LogP contribution in [0.25, 0.3) is 0 Å². The number of carbonyl (C=O) groups is 2. The van der Waals surface area contributed by atoms with Crippen LogP contribution in [0, 0.1) is 27.7 Å². The van der Waals surface area contributed by atoms with Gasteiger partial charge in [0.1, 0.15) is 12.6 Å². The summed E-state index contributed by atoms with van der Waals surface area (Å²) in [6.07, 6.45) is 1.77. The van der Waals surface area contributed by atoms with Gasteiger partial charge in [-0.2, -0.15) is 0 Å². The van der Waals surface area contributed by atoms with Crippen LogP contribution in [0.15, 0.2) is 71.6 Å². The van der Waals surface area contributed by atoms with E-state index >= 15 is 0 Å². The Labute approximate surface area is 239 Å². The number of anilines is 1. The van der Waals surface area contributed by atoms with Gasteiger partial charge in [0.05, 0.1) is 10.6 Å². The lowest BCUT2D eigenvalue weighted by atomic mass is 10.1. The summed E-state index contributed by atoms with van der Waals surface area (Å²) >= 11 is 0. The lowest BCUT2D eigenvalue weighted by molar-refractivity contribution is -0.139. The van der Waals surface area contributed by atoms with Crippen LogP contribution in [-0.2, 0) is 26.2 Å². The van der Waals surface area contributed by atoms with Crippen molar-refractivity contribution < 1.29 is 18.0 Å². The molecule has 0 aliphatic rings. The van der Waals surface area contributed by atoms with Crippen molar-refractivity contribution in [1.82, 2.24) is 10.2 Å². The van der Waals surface area contributed by atoms with E-state index in [1.54, 1.807) is 43.3 Å². The average Bonchev–Trinajstić information content (AvgIpc) is 2.91. The Bertz CT molecular complexity index is 1430. The van der Waals surface area contributed by atoms with Gasteiger partial charge in [0.25, 0.3) is 10.0 Å². The van der Waals surface area contributed by atoms with Crippen LogP contribution in [0.5, 0.6) is 0 Å². The molecule has 214 valence electrons. The Morgan fingerprint density at radius 2 is 1.57 bits per heavy atom. The van der Waals surface area contributed by atoms with Crippen LogP contribution in [0.3, 0.4) is 0 Å². The molecule has 3 aromatic rings. The average molecular weight is 564 g/mol. The van der Waals surface area contributed by atoms with E-state index in [2.05, 4.69) is 5.32 Å². The molecule has 0 fully saturated rings. The SMILES string of the molecule is CCCCNC(=O)C(C)N(Cc1cccc(C)c1)C(=O)CN(c1ccc(C)c(C)c1)S(=O)(=O)c1ccc(C)cc1. The van der Waals surface area contributed by atoms with Crippen molar-refractivity contribution >= 4 is 27.5 Å². The van der Waals surface area contributed by atoms with Crippen LogP contribution in [0.4, 0.5) is 5.69 Å². The van der Waals surface area contributed by atoms with E-state index in [-0.39, 0.29) is 17.3 Å². The fraction of sp³-hybridized carbons (Fsp3) is 0.375. The minimum atomic E-state index is -4.09. The summed E-state index contributed by atoms with van der Waals surface area (Å²) in [4.78, 5) is 28.7. The van der Waals surface area contributed by atoms with Gasteiger partial charge in [-0.3, -0.25) is 13.9 Å². The van der Waals surface area contributed by atoms with Crippen LogP contribution in [0.1, 0.15) is 54.5 Å². The zero-order valence-corrected chi connectivity index (χ0v) is 25.2.